The van der Waals surface area contributed by atoms with Gasteiger partial charge >= 0.3 is 0 Å². The summed E-state index contributed by atoms with van der Waals surface area (Å²) in [7, 11) is 1.65. The van der Waals surface area contributed by atoms with E-state index in [9.17, 15) is 4.79 Å². The predicted octanol–water partition coefficient (Wildman–Crippen LogP) is 3.97. The number of fused-ring (bicyclic) bond motifs is 1. The summed E-state index contributed by atoms with van der Waals surface area (Å²) >= 11 is 0. The number of benzene rings is 2. The maximum atomic E-state index is 12.4. The Hall–Kier alpha value is -3.08. The van der Waals surface area contributed by atoms with Crippen molar-refractivity contribution in [1.29, 1.82) is 0 Å². The molecule has 0 fully saturated rings. The topological polar surface area (TPSA) is 56.1 Å². The van der Waals surface area contributed by atoms with E-state index >= 15 is 0 Å². The van der Waals surface area contributed by atoms with Gasteiger partial charge in [-0.1, -0.05) is 18.2 Å². The van der Waals surface area contributed by atoms with E-state index in [2.05, 4.69) is 42.5 Å². The molecule has 5 heteroatoms. The highest BCUT2D eigenvalue weighted by Gasteiger charge is 2.30. The zero-order valence-corrected chi connectivity index (χ0v) is 15.1. The van der Waals surface area contributed by atoms with Crippen LogP contribution in [0.3, 0.4) is 0 Å². The number of rotatable bonds is 3. The lowest BCUT2D eigenvalue weighted by Gasteiger charge is -2.24. The van der Waals surface area contributed by atoms with E-state index in [0.29, 0.717) is 6.42 Å². The van der Waals surface area contributed by atoms with Crippen molar-refractivity contribution in [3.8, 4) is 11.4 Å². The Kier molecular flexibility index (Phi) is 3.99. The lowest BCUT2D eigenvalue weighted by molar-refractivity contribution is -0.116. The van der Waals surface area contributed by atoms with Crippen LogP contribution < -0.4 is 10.1 Å². The van der Waals surface area contributed by atoms with Crippen LogP contribution >= 0.6 is 0 Å². The number of hydrogen-bond acceptors (Lipinski definition) is 3. The highest BCUT2D eigenvalue weighted by molar-refractivity contribution is 5.94. The van der Waals surface area contributed by atoms with E-state index in [4.69, 9.17) is 4.74 Å². The Bertz CT molecular complexity index is 970. The average Bonchev–Trinajstić information content (AvgIpc) is 3.04. The fourth-order valence-electron chi connectivity index (χ4n) is 3.64. The summed E-state index contributed by atoms with van der Waals surface area (Å²) in [5.74, 6) is 1.50. The van der Waals surface area contributed by atoms with Crippen LogP contribution in [0.25, 0.3) is 5.69 Å². The van der Waals surface area contributed by atoms with Crippen LogP contribution in [0.4, 0.5) is 5.82 Å². The maximum Gasteiger partial charge on any atom is 0.226 e. The molecule has 26 heavy (non-hydrogen) atoms. The number of carbonyl (C=O) groups is 1. The summed E-state index contributed by atoms with van der Waals surface area (Å²) in [4.78, 5) is 12.4. The molecule has 3 aromatic rings. The molecule has 4 rings (SSSR count). The fourth-order valence-corrected chi connectivity index (χ4v) is 3.64. The van der Waals surface area contributed by atoms with Gasteiger partial charge in [0.1, 0.15) is 11.6 Å². The number of hydrogen-bond donors (Lipinski definition) is 1. The van der Waals surface area contributed by atoms with Gasteiger partial charge in [-0.05, 0) is 54.8 Å². The van der Waals surface area contributed by atoms with Gasteiger partial charge in [0, 0.05) is 17.9 Å². The molecule has 0 aliphatic carbocycles. The van der Waals surface area contributed by atoms with Gasteiger partial charge in [0.2, 0.25) is 5.91 Å². The molecule has 0 saturated heterocycles. The first kappa shape index (κ1) is 16.4. The van der Waals surface area contributed by atoms with Gasteiger partial charge < -0.3 is 10.1 Å². The normalized spacial score (nSPS) is 16.1. The second-order valence-electron chi connectivity index (χ2n) is 6.79. The van der Waals surface area contributed by atoms with Crippen LogP contribution in [0.2, 0.25) is 0 Å². The summed E-state index contributed by atoms with van der Waals surface area (Å²) in [6, 6.07) is 14.1. The molecule has 2 heterocycles. The smallest absolute Gasteiger partial charge is 0.226 e. The third-order valence-corrected chi connectivity index (χ3v) is 4.77. The molecular weight excluding hydrogens is 326 g/mol. The van der Waals surface area contributed by atoms with Gasteiger partial charge in [0.05, 0.1) is 19.0 Å². The van der Waals surface area contributed by atoms with Crippen molar-refractivity contribution >= 4 is 11.7 Å². The lowest BCUT2D eigenvalue weighted by Crippen LogP contribution is -2.24. The Balaban J connectivity index is 1.82. The van der Waals surface area contributed by atoms with Gasteiger partial charge in [-0.15, -0.1) is 0 Å². The number of aryl methyl sites for hydroxylation is 2. The molecule has 0 saturated carbocycles. The molecule has 0 spiro atoms. The minimum Gasteiger partial charge on any atom is -0.497 e. The number of amides is 1. The van der Waals surface area contributed by atoms with Crippen molar-refractivity contribution in [3.05, 3.63) is 70.9 Å². The third-order valence-electron chi connectivity index (χ3n) is 4.77. The molecule has 1 atom stereocenters. The van der Waals surface area contributed by atoms with Gasteiger partial charge in [-0.25, -0.2) is 4.68 Å². The molecule has 132 valence electrons. The second kappa shape index (κ2) is 6.33. The number of methoxy groups -OCH3 is 1. The monoisotopic (exact) mass is 347 g/mol. The highest BCUT2D eigenvalue weighted by Crippen LogP contribution is 2.39. The van der Waals surface area contributed by atoms with Crippen molar-refractivity contribution in [2.75, 3.05) is 12.4 Å². The third kappa shape index (κ3) is 2.86. The summed E-state index contributed by atoms with van der Waals surface area (Å²) in [5.41, 5.74) is 5.36. The molecule has 1 aliphatic rings. The molecule has 1 unspecified atom stereocenters. The molecule has 1 aromatic heterocycles. The second-order valence-corrected chi connectivity index (χ2v) is 6.79. The molecule has 0 bridgehead atoms. The van der Waals surface area contributed by atoms with Crippen LogP contribution in [0.15, 0.2) is 48.7 Å². The minimum absolute atomic E-state index is 0.00329. The summed E-state index contributed by atoms with van der Waals surface area (Å²) in [5, 5.41) is 7.58. The van der Waals surface area contributed by atoms with E-state index in [1.54, 1.807) is 7.11 Å². The molecule has 5 nitrogen and oxygen atoms in total. The van der Waals surface area contributed by atoms with Crippen LogP contribution in [-0.2, 0) is 4.79 Å². The standard InChI is InChI=1S/C21H21N3O2/c1-13-7-14(2)9-16(8-13)24-21-19(12-22-24)18(11-20(25)23-21)15-5-4-6-17(10-15)26-3/h4-10,12,18H,11H2,1-3H3,(H,23,25). The quantitative estimate of drug-likeness (QED) is 0.780. The van der Waals surface area contributed by atoms with Crippen LogP contribution in [0, 0.1) is 13.8 Å². The van der Waals surface area contributed by atoms with Crippen molar-refractivity contribution in [1.82, 2.24) is 9.78 Å². The van der Waals surface area contributed by atoms with Crippen molar-refractivity contribution in [2.24, 2.45) is 0 Å². The summed E-state index contributed by atoms with van der Waals surface area (Å²) in [6.07, 6.45) is 2.26. The molecular formula is C21H21N3O2. The van der Waals surface area contributed by atoms with Gasteiger partial charge in [0.15, 0.2) is 0 Å². The Morgan fingerprint density at radius 3 is 2.65 bits per heavy atom. The van der Waals surface area contributed by atoms with Crippen molar-refractivity contribution in [2.45, 2.75) is 26.2 Å². The minimum atomic E-state index is -0.0338. The summed E-state index contributed by atoms with van der Waals surface area (Å²) < 4.78 is 7.16. The van der Waals surface area contributed by atoms with E-state index < -0.39 is 0 Å². The number of nitrogens with zero attached hydrogens (tertiary/aromatic N) is 2. The first-order chi connectivity index (χ1) is 12.5. The van der Waals surface area contributed by atoms with Crippen molar-refractivity contribution in [3.63, 3.8) is 0 Å². The zero-order valence-electron chi connectivity index (χ0n) is 15.1. The number of carbonyl (C=O) groups excluding carboxylic acids is 1. The molecule has 1 N–H and O–H groups in total. The Morgan fingerprint density at radius 1 is 1.15 bits per heavy atom. The van der Waals surface area contributed by atoms with E-state index in [1.807, 2.05) is 35.1 Å². The first-order valence-electron chi connectivity index (χ1n) is 8.65. The molecule has 1 amide bonds. The Morgan fingerprint density at radius 2 is 1.92 bits per heavy atom. The van der Waals surface area contributed by atoms with Crippen LogP contribution in [0.5, 0.6) is 5.75 Å². The van der Waals surface area contributed by atoms with E-state index in [1.165, 1.54) is 0 Å². The Labute approximate surface area is 152 Å². The SMILES string of the molecule is COc1cccc(C2CC(=O)Nc3c2cnn3-c2cc(C)cc(C)c2)c1. The number of ether oxygens (including phenoxy) is 1. The van der Waals surface area contributed by atoms with Crippen molar-refractivity contribution < 1.29 is 9.53 Å². The zero-order chi connectivity index (χ0) is 18.3. The van der Waals surface area contributed by atoms with Crippen LogP contribution in [0.1, 0.15) is 34.6 Å². The molecule has 0 radical (unpaired) electrons. The molecule has 1 aliphatic heterocycles. The van der Waals surface area contributed by atoms with E-state index in [-0.39, 0.29) is 11.8 Å². The first-order valence-corrected chi connectivity index (χ1v) is 8.65. The lowest BCUT2D eigenvalue weighted by atomic mass is 9.87. The number of anilines is 1. The number of nitrogens with one attached hydrogen (secondary N) is 1. The molecule has 2 aromatic carbocycles. The fraction of sp³-hybridized carbons (Fsp3) is 0.238. The highest BCUT2D eigenvalue weighted by atomic mass is 16.5. The maximum absolute atomic E-state index is 12.4. The largest absolute Gasteiger partial charge is 0.497 e. The summed E-state index contributed by atoms with van der Waals surface area (Å²) in [6.45, 7) is 4.12. The van der Waals surface area contributed by atoms with Crippen LogP contribution in [-0.4, -0.2) is 22.8 Å². The average molecular weight is 347 g/mol. The number of aromatic nitrogens is 2. The predicted molar refractivity (Wildman–Crippen MR) is 101 cm³/mol. The van der Waals surface area contributed by atoms with Gasteiger partial charge in [-0.3, -0.25) is 4.79 Å². The van der Waals surface area contributed by atoms with Gasteiger partial charge in [0.25, 0.3) is 0 Å². The van der Waals surface area contributed by atoms with E-state index in [0.717, 1.165) is 39.5 Å². The van der Waals surface area contributed by atoms with Gasteiger partial charge in [-0.2, -0.15) is 5.10 Å².